The molecule has 8 heteroatoms. The standard InChI is InChI=1S/C19H23FN2O4S/c1-27(24,25)22-12-4-5-14(13-22)21-19(23)11-9-15-8-10-18(26-15)16-6-2-3-7-17(16)20/h2-3,6-8,10,14H,4-5,9,11-13H2,1H3,(H,21,23). The lowest BCUT2D eigenvalue weighted by atomic mass is 10.1. The molecule has 1 aromatic carbocycles. The Morgan fingerprint density at radius 1 is 1.30 bits per heavy atom. The first-order valence-electron chi connectivity index (χ1n) is 8.91. The smallest absolute Gasteiger partial charge is 0.220 e. The molecule has 27 heavy (non-hydrogen) atoms. The fourth-order valence-corrected chi connectivity index (χ4v) is 4.13. The van der Waals surface area contributed by atoms with E-state index in [0.29, 0.717) is 36.6 Å². The lowest BCUT2D eigenvalue weighted by Crippen LogP contribution is -2.49. The van der Waals surface area contributed by atoms with Crippen molar-refractivity contribution in [3.05, 3.63) is 48.0 Å². The average Bonchev–Trinajstić information content (AvgIpc) is 3.09. The highest BCUT2D eigenvalue weighted by molar-refractivity contribution is 7.88. The molecule has 0 radical (unpaired) electrons. The molecule has 0 spiro atoms. The number of carbonyl (C=O) groups excluding carboxylic acids is 1. The number of furan rings is 1. The molecule has 146 valence electrons. The van der Waals surface area contributed by atoms with E-state index in [1.54, 1.807) is 30.3 Å². The summed E-state index contributed by atoms with van der Waals surface area (Å²) in [5.74, 6) is 0.521. The first-order chi connectivity index (χ1) is 12.8. The third-order valence-corrected chi connectivity index (χ3v) is 5.89. The first kappa shape index (κ1) is 19.6. The zero-order chi connectivity index (χ0) is 19.4. The Morgan fingerprint density at radius 3 is 2.81 bits per heavy atom. The highest BCUT2D eigenvalue weighted by atomic mass is 32.2. The lowest BCUT2D eigenvalue weighted by Gasteiger charge is -2.31. The number of piperidine rings is 1. The van der Waals surface area contributed by atoms with Gasteiger partial charge in [-0.05, 0) is 37.1 Å². The van der Waals surface area contributed by atoms with Crippen molar-refractivity contribution in [3.63, 3.8) is 0 Å². The lowest BCUT2D eigenvalue weighted by molar-refractivity contribution is -0.122. The molecular formula is C19H23FN2O4S. The van der Waals surface area contributed by atoms with Crippen LogP contribution in [0.3, 0.4) is 0 Å². The molecule has 1 N–H and O–H groups in total. The second kappa shape index (κ2) is 8.22. The van der Waals surface area contributed by atoms with Crippen LogP contribution < -0.4 is 5.32 Å². The van der Waals surface area contributed by atoms with Crippen LogP contribution in [0, 0.1) is 5.82 Å². The topological polar surface area (TPSA) is 79.6 Å². The van der Waals surface area contributed by atoms with Gasteiger partial charge in [0.25, 0.3) is 0 Å². The molecule has 6 nitrogen and oxygen atoms in total. The number of hydrogen-bond acceptors (Lipinski definition) is 4. The molecule has 0 aliphatic carbocycles. The Kier molecular flexibility index (Phi) is 5.96. The van der Waals surface area contributed by atoms with E-state index in [2.05, 4.69) is 5.32 Å². The third-order valence-electron chi connectivity index (χ3n) is 4.62. The van der Waals surface area contributed by atoms with Crippen LogP contribution in [-0.2, 0) is 21.2 Å². The predicted molar refractivity (Wildman–Crippen MR) is 100 cm³/mol. The first-order valence-corrected chi connectivity index (χ1v) is 10.8. The minimum Gasteiger partial charge on any atom is -0.461 e. The number of benzene rings is 1. The number of amides is 1. The largest absolute Gasteiger partial charge is 0.461 e. The SMILES string of the molecule is CS(=O)(=O)N1CCCC(NC(=O)CCc2ccc(-c3ccccc3F)o2)C1. The fraction of sp³-hybridized carbons (Fsp3) is 0.421. The van der Waals surface area contributed by atoms with Gasteiger partial charge in [0.05, 0.1) is 11.8 Å². The monoisotopic (exact) mass is 394 g/mol. The molecular weight excluding hydrogens is 371 g/mol. The van der Waals surface area contributed by atoms with Gasteiger partial charge >= 0.3 is 0 Å². The molecule has 0 saturated carbocycles. The molecule has 0 bridgehead atoms. The average molecular weight is 394 g/mol. The van der Waals surface area contributed by atoms with Gasteiger partial charge in [0.1, 0.15) is 17.3 Å². The van der Waals surface area contributed by atoms with Gasteiger partial charge in [0, 0.05) is 32.0 Å². The zero-order valence-corrected chi connectivity index (χ0v) is 16.0. The van der Waals surface area contributed by atoms with Crippen LogP contribution in [0.4, 0.5) is 4.39 Å². The zero-order valence-electron chi connectivity index (χ0n) is 15.2. The summed E-state index contributed by atoms with van der Waals surface area (Å²) < 4.78 is 44.1. The number of aryl methyl sites for hydroxylation is 1. The van der Waals surface area contributed by atoms with Gasteiger partial charge < -0.3 is 9.73 Å². The second-order valence-electron chi connectivity index (χ2n) is 6.77. The van der Waals surface area contributed by atoms with Crippen LogP contribution in [0.2, 0.25) is 0 Å². The van der Waals surface area contributed by atoms with Crippen LogP contribution in [-0.4, -0.2) is 44.0 Å². The van der Waals surface area contributed by atoms with Gasteiger partial charge in [0.2, 0.25) is 15.9 Å². The molecule has 1 saturated heterocycles. The van der Waals surface area contributed by atoms with Gasteiger partial charge in [-0.1, -0.05) is 12.1 Å². The summed E-state index contributed by atoms with van der Waals surface area (Å²) in [6.45, 7) is 0.805. The minimum absolute atomic E-state index is 0.154. The Morgan fingerprint density at radius 2 is 2.07 bits per heavy atom. The highest BCUT2D eigenvalue weighted by Crippen LogP contribution is 2.25. The fourth-order valence-electron chi connectivity index (χ4n) is 3.22. The van der Waals surface area contributed by atoms with E-state index < -0.39 is 10.0 Å². The maximum atomic E-state index is 13.8. The van der Waals surface area contributed by atoms with Crippen molar-refractivity contribution in [2.45, 2.75) is 31.7 Å². The highest BCUT2D eigenvalue weighted by Gasteiger charge is 2.26. The number of carbonyl (C=O) groups is 1. The van der Waals surface area contributed by atoms with E-state index in [-0.39, 0.29) is 24.2 Å². The van der Waals surface area contributed by atoms with E-state index in [1.165, 1.54) is 16.6 Å². The van der Waals surface area contributed by atoms with Crippen molar-refractivity contribution < 1.29 is 22.0 Å². The number of halogens is 1. The number of sulfonamides is 1. The molecule has 1 amide bonds. The maximum Gasteiger partial charge on any atom is 0.220 e. The summed E-state index contributed by atoms with van der Waals surface area (Å²) in [5.41, 5.74) is 0.385. The summed E-state index contributed by atoms with van der Waals surface area (Å²) in [7, 11) is -3.24. The molecule has 2 aromatic rings. The molecule has 1 atom stereocenters. The van der Waals surface area contributed by atoms with Crippen molar-refractivity contribution in [3.8, 4) is 11.3 Å². The van der Waals surface area contributed by atoms with Crippen molar-refractivity contribution in [1.29, 1.82) is 0 Å². The van der Waals surface area contributed by atoms with Crippen LogP contribution in [0.5, 0.6) is 0 Å². The molecule has 1 aromatic heterocycles. The predicted octanol–water partition coefficient (Wildman–Crippen LogP) is 2.56. The van der Waals surface area contributed by atoms with E-state index in [4.69, 9.17) is 4.42 Å². The molecule has 3 rings (SSSR count). The summed E-state index contributed by atoms with van der Waals surface area (Å²) in [5, 5.41) is 2.89. The normalized spacial score (nSPS) is 18.4. The van der Waals surface area contributed by atoms with E-state index in [9.17, 15) is 17.6 Å². The number of nitrogens with zero attached hydrogens (tertiary/aromatic N) is 1. The number of rotatable bonds is 6. The van der Waals surface area contributed by atoms with E-state index >= 15 is 0 Å². The van der Waals surface area contributed by atoms with Gasteiger partial charge in [0.15, 0.2) is 0 Å². The van der Waals surface area contributed by atoms with E-state index in [0.717, 1.165) is 12.8 Å². The molecule has 1 fully saturated rings. The van der Waals surface area contributed by atoms with Gasteiger partial charge in [-0.3, -0.25) is 4.79 Å². The molecule has 1 unspecified atom stereocenters. The van der Waals surface area contributed by atoms with Gasteiger partial charge in [-0.15, -0.1) is 0 Å². The van der Waals surface area contributed by atoms with Crippen LogP contribution in [0.25, 0.3) is 11.3 Å². The van der Waals surface area contributed by atoms with Gasteiger partial charge in [-0.2, -0.15) is 0 Å². The summed E-state index contributed by atoms with van der Waals surface area (Å²) >= 11 is 0. The van der Waals surface area contributed by atoms with Crippen LogP contribution in [0.1, 0.15) is 25.0 Å². The van der Waals surface area contributed by atoms with Crippen molar-refractivity contribution in [2.24, 2.45) is 0 Å². The molecule has 1 aliphatic heterocycles. The number of nitrogens with one attached hydrogen (secondary N) is 1. The Hall–Kier alpha value is -2.19. The second-order valence-corrected chi connectivity index (χ2v) is 8.76. The minimum atomic E-state index is -3.24. The van der Waals surface area contributed by atoms with Crippen LogP contribution >= 0.6 is 0 Å². The van der Waals surface area contributed by atoms with Gasteiger partial charge in [-0.25, -0.2) is 17.1 Å². The third kappa shape index (κ3) is 5.17. The maximum absolute atomic E-state index is 13.8. The van der Waals surface area contributed by atoms with E-state index in [1.807, 2.05) is 0 Å². The Bertz CT molecular complexity index is 910. The summed E-state index contributed by atoms with van der Waals surface area (Å²) in [4.78, 5) is 12.2. The van der Waals surface area contributed by atoms with Crippen molar-refractivity contribution in [1.82, 2.24) is 9.62 Å². The Balaban J connectivity index is 1.52. The number of hydrogen-bond donors (Lipinski definition) is 1. The molecule has 1 aliphatic rings. The summed E-state index contributed by atoms with van der Waals surface area (Å²) in [6, 6.07) is 9.61. The Labute approximate surface area is 158 Å². The van der Waals surface area contributed by atoms with Crippen molar-refractivity contribution in [2.75, 3.05) is 19.3 Å². The van der Waals surface area contributed by atoms with Crippen LogP contribution in [0.15, 0.2) is 40.8 Å². The molecule has 2 heterocycles. The van der Waals surface area contributed by atoms with Crippen molar-refractivity contribution >= 4 is 15.9 Å². The summed E-state index contributed by atoms with van der Waals surface area (Å²) in [6.07, 6.45) is 3.28. The quantitative estimate of drug-likeness (QED) is 0.817.